The molecular weight excluding hydrogens is 224 g/mol. The summed E-state index contributed by atoms with van der Waals surface area (Å²) in [6.07, 6.45) is 0.864. The maximum absolute atomic E-state index is 10.4. The van der Waals surface area contributed by atoms with Gasteiger partial charge in [-0.1, -0.05) is 11.6 Å². The zero-order valence-corrected chi connectivity index (χ0v) is 8.88. The molecule has 4 heteroatoms. The number of hydrogen-bond donors (Lipinski definition) is 0. The maximum Gasteiger partial charge on any atom is 0.160 e. The number of rotatable bonds is 2. The first-order valence-electron chi connectivity index (χ1n) is 3.60. The first-order valence-corrected chi connectivity index (χ1v) is 5.61. The lowest BCUT2D eigenvalue weighted by molar-refractivity contribution is 0.112. The number of halogens is 1. The van der Waals surface area contributed by atoms with Crippen LogP contribution in [0.3, 0.4) is 0 Å². The molecule has 1 nitrogen and oxygen atoms in total. The standard InChI is InChI=1S/C9H5ClOS2/c10-9-4-3-8(13-9)7-2-1-6(5-11)12-7/h1-5H. The van der Waals surface area contributed by atoms with Crippen molar-refractivity contribution in [3.8, 4) is 9.75 Å². The van der Waals surface area contributed by atoms with Crippen molar-refractivity contribution in [1.82, 2.24) is 0 Å². The number of carbonyl (C=O) groups is 1. The highest BCUT2D eigenvalue weighted by atomic mass is 35.5. The Labute approximate surface area is 88.6 Å². The second-order valence-corrected chi connectivity index (χ2v) is 5.25. The minimum Gasteiger partial charge on any atom is -0.297 e. The van der Waals surface area contributed by atoms with Crippen LogP contribution in [0.25, 0.3) is 9.75 Å². The fourth-order valence-corrected chi connectivity index (χ4v) is 2.95. The molecule has 0 saturated heterocycles. The zero-order valence-electron chi connectivity index (χ0n) is 6.49. The van der Waals surface area contributed by atoms with E-state index >= 15 is 0 Å². The van der Waals surface area contributed by atoms with E-state index in [1.807, 2.05) is 24.3 Å². The number of aldehydes is 1. The fourth-order valence-electron chi connectivity index (χ4n) is 0.995. The van der Waals surface area contributed by atoms with Crippen LogP contribution >= 0.6 is 34.3 Å². The van der Waals surface area contributed by atoms with Crippen molar-refractivity contribution < 1.29 is 4.79 Å². The molecule has 0 atom stereocenters. The average Bonchev–Trinajstić information content (AvgIpc) is 2.71. The minimum absolute atomic E-state index is 0.750. The van der Waals surface area contributed by atoms with Gasteiger partial charge in [-0.2, -0.15) is 0 Å². The second kappa shape index (κ2) is 3.62. The summed E-state index contributed by atoms with van der Waals surface area (Å²) in [6, 6.07) is 7.59. The lowest BCUT2D eigenvalue weighted by atomic mass is 10.4. The Bertz CT molecular complexity index is 430. The Morgan fingerprint density at radius 2 is 1.77 bits per heavy atom. The first-order chi connectivity index (χ1) is 6.29. The fraction of sp³-hybridized carbons (Fsp3) is 0. The van der Waals surface area contributed by atoms with Gasteiger partial charge in [0, 0.05) is 9.75 Å². The smallest absolute Gasteiger partial charge is 0.160 e. The monoisotopic (exact) mass is 228 g/mol. The second-order valence-electron chi connectivity index (χ2n) is 2.42. The number of hydrogen-bond acceptors (Lipinski definition) is 3. The van der Waals surface area contributed by atoms with Gasteiger partial charge in [-0.3, -0.25) is 4.79 Å². The van der Waals surface area contributed by atoms with Crippen LogP contribution in [0, 0.1) is 0 Å². The van der Waals surface area contributed by atoms with Crippen LogP contribution in [0.1, 0.15) is 9.67 Å². The maximum atomic E-state index is 10.4. The molecule has 0 aliphatic carbocycles. The van der Waals surface area contributed by atoms with E-state index < -0.39 is 0 Å². The molecule has 0 amide bonds. The molecule has 0 radical (unpaired) electrons. The van der Waals surface area contributed by atoms with Crippen molar-refractivity contribution in [3.63, 3.8) is 0 Å². The van der Waals surface area contributed by atoms with Crippen LogP contribution in [0.2, 0.25) is 4.34 Å². The Hall–Kier alpha value is -0.640. The van der Waals surface area contributed by atoms with Crippen molar-refractivity contribution in [1.29, 1.82) is 0 Å². The van der Waals surface area contributed by atoms with Gasteiger partial charge >= 0.3 is 0 Å². The Balaban J connectivity index is 2.40. The molecule has 2 aromatic rings. The predicted octanol–water partition coefficient (Wildman–Crippen LogP) is 3.94. The number of thiophene rings is 2. The average molecular weight is 229 g/mol. The van der Waals surface area contributed by atoms with Crippen LogP contribution in [0.4, 0.5) is 0 Å². The molecule has 2 rings (SSSR count). The lowest BCUT2D eigenvalue weighted by Gasteiger charge is -1.86. The van der Waals surface area contributed by atoms with Crippen molar-refractivity contribution in [2.45, 2.75) is 0 Å². The van der Waals surface area contributed by atoms with Crippen molar-refractivity contribution >= 4 is 40.6 Å². The van der Waals surface area contributed by atoms with E-state index in [-0.39, 0.29) is 0 Å². The molecular formula is C9H5ClOS2. The van der Waals surface area contributed by atoms with E-state index in [1.54, 1.807) is 0 Å². The summed E-state index contributed by atoms with van der Waals surface area (Å²) >= 11 is 8.81. The summed E-state index contributed by atoms with van der Waals surface area (Å²) in [4.78, 5) is 13.4. The molecule has 66 valence electrons. The Morgan fingerprint density at radius 1 is 1.08 bits per heavy atom. The molecule has 0 aliphatic rings. The largest absolute Gasteiger partial charge is 0.297 e. The molecule has 0 spiro atoms. The quantitative estimate of drug-likeness (QED) is 0.712. The van der Waals surface area contributed by atoms with Crippen LogP contribution in [0.15, 0.2) is 24.3 Å². The van der Waals surface area contributed by atoms with E-state index in [0.717, 1.165) is 25.3 Å². The third-order valence-corrected chi connectivity index (χ3v) is 4.00. The van der Waals surface area contributed by atoms with Gasteiger partial charge in [0.1, 0.15) is 0 Å². The summed E-state index contributed by atoms with van der Waals surface area (Å²) in [5, 5.41) is 0. The molecule has 0 N–H and O–H groups in total. The van der Waals surface area contributed by atoms with E-state index in [4.69, 9.17) is 11.6 Å². The molecule has 0 unspecified atom stereocenters. The topological polar surface area (TPSA) is 17.1 Å². The van der Waals surface area contributed by atoms with Crippen molar-refractivity contribution in [3.05, 3.63) is 33.5 Å². The highest BCUT2D eigenvalue weighted by Crippen LogP contribution is 2.34. The lowest BCUT2D eigenvalue weighted by Crippen LogP contribution is -1.62. The summed E-state index contributed by atoms with van der Waals surface area (Å²) < 4.78 is 0.774. The highest BCUT2D eigenvalue weighted by molar-refractivity contribution is 7.24. The van der Waals surface area contributed by atoms with Gasteiger partial charge in [-0.05, 0) is 24.3 Å². The van der Waals surface area contributed by atoms with Gasteiger partial charge in [0.05, 0.1) is 9.21 Å². The summed E-state index contributed by atoms with van der Waals surface area (Å²) in [5.41, 5.74) is 0. The highest BCUT2D eigenvalue weighted by Gasteiger charge is 2.04. The Kier molecular flexibility index (Phi) is 2.49. The third-order valence-electron chi connectivity index (χ3n) is 1.56. The third kappa shape index (κ3) is 1.82. The van der Waals surface area contributed by atoms with E-state index in [9.17, 15) is 4.79 Å². The Morgan fingerprint density at radius 3 is 2.31 bits per heavy atom. The predicted molar refractivity (Wildman–Crippen MR) is 58.0 cm³/mol. The van der Waals surface area contributed by atoms with E-state index in [2.05, 4.69) is 0 Å². The van der Waals surface area contributed by atoms with Crippen molar-refractivity contribution in [2.24, 2.45) is 0 Å². The van der Waals surface area contributed by atoms with Gasteiger partial charge in [-0.25, -0.2) is 0 Å². The molecule has 0 bridgehead atoms. The molecule has 13 heavy (non-hydrogen) atoms. The molecule has 2 aromatic heterocycles. The number of carbonyl (C=O) groups excluding carboxylic acids is 1. The van der Waals surface area contributed by atoms with E-state index in [1.165, 1.54) is 22.7 Å². The first kappa shape index (κ1) is 8.94. The summed E-state index contributed by atoms with van der Waals surface area (Å²) in [5.74, 6) is 0. The van der Waals surface area contributed by atoms with Crippen LogP contribution in [-0.2, 0) is 0 Å². The summed E-state index contributed by atoms with van der Waals surface area (Å²) in [7, 11) is 0. The van der Waals surface area contributed by atoms with Gasteiger partial charge in [0.2, 0.25) is 0 Å². The van der Waals surface area contributed by atoms with Gasteiger partial charge < -0.3 is 0 Å². The van der Waals surface area contributed by atoms with Crippen LogP contribution in [-0.4, -0.2) is 6.29 Å². The molecule has 0 saturated carbocycles. The van der Waals surface area contributed by atoms with Gasteiger partial charge in [0.15, 0.2) is 6.29 Å². The summed E-state index contributed by atoms with van der Waals surface area (Å²) in [6.45, 7) is 0. The molecule has 0 fully saturated rings. The zero-order chi connectivity index (χ0) is 9.26. The SMILES string of the molecule is O=Cc1ccc(-c2ccc(Cl)s2)s1. The molecule has 2 heterocycles. The van der Waals surface area contributed by atoms with E-state index in [0.29, 0.717) is 0 Å². The van der Waals surface area contributed by atoms with Crippen LogP contribution < -0.4 is 0 Å². The van der Waals surface area contributed by atoms with Crippen molar-refractivity contribution in [2.75, 3.05) is 0 Å². The van der Waals surface area contributed by atoms with Gasteiger partial charge in [0.25, 0.3) is 0 Å². The molecule has 0 aromatic carbocycles. The molecule has 0 aliphatic heterocycles. The minimum atomic E-state index is 0.750. The van der Waals surface area contributed by atoms with Crippen LogP contribution in [0.5, 0.6) is 0 Å². The normalized spacial score (nSPS) is 10.2. The van der Waals surface area contributed by atoms with Gasteiger partial charge in [-0.15, -0.1) is 22.7 Å².